The van der Waals surface area contributed by atoms with Crippen LogP contribution in [0.25, 0.3) is 0 Å². The maximum absolute atomic E-state index is 12.3. The van der Waals surface area contributed by atoms with Crippen molar-refractivity contribution in [2.24, 2.45) is 11.7 Å². The molecule has 2 amide bonds. The van der Waals surface area contributed by atoms with Gasteiger partial charge in [0.05, 0.1) is 11.5 Å². The maximum Gasteiger partial charge on any atom is 0.288 e. The number of ketones is 1. The van der Waals surface area contributed by atoms with E-state index in [0.29, 0.717) is 18.7 Å². The number of carbonyl (C=O) groups excluding carboxylic acids is 3. The number of thioether (sulfide) groups is 1. The summed E-state index contributed by atoms with van der Waals surface area (Å²) in [6.07, 6.45) is 0.477. The van der Waals surface area contributed by atoms with Crippen molar-refractivity contribution in [2.75, 3.05) is 11.5 Å². The van der Waals surface area contributed by atoms with Crippen LogP contribution in [-0.2, 0) is 22.6 Å². The molecular weight excluding hydrogens is 290 g/mol. The Labute approximate surface area is 126 Å². The second-order valence-corrected chi connectivity index (χ2v) is 6.94. The third-order valence-corrected chi connectivity index (χ3v) is 5.72. The van der Waals surface area contributed by atoms with Gasteiger partial charge in [0.1, 0.15) is 5.69 Å². The maximum atomic E-state index is 12.3. The Balaban J connectivity index is 1.67. The van der Waals surface area contributed by atoms with Crippen LogP contribution in [0.5, 0.6) is 0 Å². The van der Waals surface area contributed by atoms with E-state index in [-0.39, 0.29) is 5.54 Å². The Hall–Kier alpha value is -1.76. The van der Waals surface area contributed by atoms with Crippen LogP contribution in [0.3, 0.4) is 0 Å². The number of nitrogens with two attached hydrogens (primary N) is 1. The average molecular weight is 307 g/mol. The fourth-order valence-corrected chi connectivity index (χ4v) is 3.79. The molecule has 112 valence electrons. The first-order valence-electron chi connectivity index (χ1n) is 6.82. The van der Waals surface area contributed by atoms with Crippen LogP contribution in [0, 0.1) is 5.92 Å². The van der Waals surface area contributed by atoms with E-state index in [1.54, 1.807) is 28.5 Å². The number of aromatic nitrogens is 1. The van der Waals surface area contributed by atoms with E-state index in [1.807, 2.05) is 6.92 Å². The highest BCUT2D eigenvalue weighted by atomic mass is 32.2. The Morgan fingerprint density at radius 3 is 2.67 bits per heavy atom. The molecule has 21 heavy (non-hydrogen) atoms. The van der Waals surface area contributed by atoms with Gasteiger partial charge in [-0.3, -0.25) is 14.4 Å². The molecule has 0 aromatic carbocycles. The molecule has 1 unspecified atom stereocenters. The van der Waals surface area contributed by atoms with Gasteiger partial charge >= 0.3 is 0 Å². The second-order valence-electron chi connectivity index (χ2n) is 5.96. The largest absolute Gasteiger partial charge is 0.364 e. The van der Waals surface area contributed by atoms with E-state index >= 15 is 0 Å². The topological polar surface area (TPSA) is 94.2 Å². The molecular formula is C14H17N3O3S. The summed E-state index contributed by atoms with van der Waals surface area (Å²) < 4.78 is 1.74. The lowest BCUT2D eigenvalue weighted by Crippen LogP contribution is -2.57. The number of Topliss-reactive ketones (excluding diaryl/α,β-unsaturated/α-hetero) is 1. The first-order valence-corrected chi connectivity index (χ1v) is 7.97. The van der Waals surface area contributed by atoms with E-state index in [1.165, 1.54) is 0 Å². The minimum Gasteiger partial charge on any atom is -0.364 e. The molecule has 1 saturated heterocycles. The molecule has 0 bridgehead atoms. The standard InChI is InChI=1S/C14H17N3O3S/c1-14(6-21-7-14)16-13(20)11(18)8-4-9-2-3-10(12(15)19)17(9)5-8/h2-3,8H,4-7H2,1H3,(H2,15,19)(H,16,20). The van der Waals surface area contributed by atoms with Crippen LogP contribution >= 0.6 is 11.8 Å². The van der Waals surface area contributed by atoms with Gasteiger partial charge in [-0.1, -0.05) is 0 Å². The summed E-state index contributed by atoms with van der Waals surface area (Å²) >= 11 is 1.74. The van der Waals surface area contributed by atoms with Crippen LogP contribution in [0.2, 0.25) is 0 Å². The predicted octanol–water partition coefficient (Wildman–Crippen LogP) is -0.0499. The van der Waals surface area contributed by atoms with Crippen molar-refractivity contribution in [3.63, 3.8) is 0 Å². The van der Waals surface area contributed by atoms with Gasteiger partial charge in [0.15, 0.2) is 0 Å². The molecule has 6 nitrogen and oxygen atoms in total. The van der Waals surface area contributed by atoms with E-state index in [4.69, 9.17) is 5.73 Å². The van der Waals surface area contributed by atoms with Gasteiger partial charge in [-0.05, 0) is 25.5 Å². The molecule has 1 atom stereocenters. The highest BCUT2D eigenvalue weighted by molar-refractivity contribution is 8.00. The van der Waals surface area contributed by atoms with E-state index in [2.05, 4.69) is 5.32 Å². The molecule has 1 fully saturated rings. The summed E-state index contributed by atoms with van der Waals surface area (Å²) in [4.78, 5) is 35.6. The van der Waals surface area contributed by atoms with Gasteiger partial charge < -0.3 is 15.6 Å². The third kappa shape index (κ3) is 2.46. The first-order chi connectivity index (χ1) is 9.89. The Kier molecular flexibility index (Phi) is 3.32. The van der Waals surface area contributed by atoms with Crippen molar-refractivity contribution in [2.45, 2.75) is 25.4 Å². The molecule has 3 heterocycles. The lowest BCUT2D eigenvalue weighted by atomic mass is 9.99. The Morgan fingerprint density at radius 2 is 2.10 bits per heavy atom. The molecule has 3 N–H and O–H groups in total. The molecule has 0 radical (unpaired) electrons. The number of hydrogen-bond donors (Lipinski definition) is 2. The van der Waals surface area contributed by atoms with Crippen LogP contribution in [0.1, 0.15) is 23.1 Å². The molecule has 0 spiro atoms. The highest BCUT2D eigenvalue weighted by Crippen LogP contribution is 2.29. The van der Waals surface area contributed by atoms with Gasteiger partial charge in [0.2, 0.25) is 5.78 Å². The minimum absolute atomic E-state index is 0.260. The molecule has 2 aliphatic heterocycles. The smallest absolute Gasteiger partial charge is 0.288 e. The first kappa shape index (κ1) is 14.2. The highest BCUT2D eigenvalue weighted by Gasteiger charge is 2.39. The number of fused-ring (bicyclic) bond motifs is 1. The molecule has 3 rings (SSSR count). The van der Waals surface area contributed by atoms with Crippen LogP contribution in [-0.4, -0.2) is 39.2 Å². The summed E-state index contributed by atoms with van der Waals surface area (Å²) in [5.41, 5.74) is 6.30. The molecule has 1 aromatic rings. The van der Waals surface area contributed by atoms with Gasteiger partial charge in [0.25, 0.3) is 11.8 Å². The van der Waals surface area contributed by atoms with Crippen molar-refractivity contribution in [3.8, 4) is 0 Å². The Bertz CT molecular complexity index is 633. The monoisotopic (exact) mass is 307 g/mol. The van der Waals surface area contributed by atoms with E-state index < -0.39 is 23.5 Å². The number of rotatable bonds is 4. The summed E-state index contributed by atoms with van der Waals surface area (Å²) in [6.45, 7) is 2.29. The van der Waals surface area contributed by atoms with E-state index in [9.17, 15) is 14.4 Å². The summed E-state index contributed by atoms with van der Waals surface area (Å²) in [7, 11) is 0. The third-order valence-electron chi connectivity index (χ3n) is 4.03. The number of hydrogen-bond acceptors (Lipinski definition) is 4. The quantitative estimate of drug-likeness (QED) is 0.763. The van der Waals surface area contributed by atoms with Gasteiger partial charge in [-0.15, -0.1) is 0 Å². The van der Waals surface area contributed by atoms with E-state index in [0.717, 1.165) is 17.2 Å². The lowest BCUT2D eigenvalue weighted by Gasteiger charge is -2.38. The van der Waals surface area contributed by atoms with Crippen LogP contribution in [0.4, 0.5) is 0 Å². The van der Waals surface area contributed by atoms with Gasteiger partial charge in [-0.25, -0.2) is 0 Å². The van der Waals surface area contributed by atoms with Crippen molar-refractivity contribution >= 4 is 29.4 Å². The summed E-state index contributed by atoms with van der Waals surface area (Å²) in [6, 6.07) is 3.44. The van der Waals surface area contributed by atoms with Crippen LogP contribution in [0.15, 0.2) is 12.1 Å². The number of nitrogens with zero attached hydrogens (tertiary/aromatic N) is 1. The normalized spacial score (nSPS) is 22.2. The van der Waals surface area contributed by atoms with Crippen molar-refractivity contribution in [1.29, 1.82) is 0 Å². The lowest BCUT2D eigenvalue weighted by molar-refractivity contribution is -0.141. The van der Waals surface area contributed by atoms with Gasteiger partial charge in [0, 0.05) is 23.7 Å². The van der Waals surface area contributed by atoms with Gasteiger partial charge in [-0.2, -0.15) is 11.8 Å². The Morgan fingerprint density at radius 1 is 1.38 bits per heavy atom. The molecule has 0 saturated carbocycles. The number of nitrogens with one attached hydrogen (secondary N) is 1. The zero-order valence-corrected chi connectivity index (χ0v) is 12.5. The number of primary amides is 1. The summed E-state index contributed by atoms with van der Waals surface area (Å²) in [5, 5.41) is 2.82. The van der Waals surface area contributed by atoms with Crippen molar-refractivity contribution in [1.82, 2.24) is 9.88 Å². The molecule has 2 aliphatic rings. The molecule has 0 aliphatic carbocycles. The second kappa shape index (κ2) is 4.91. The zero-order chi connectivity index (χ0) is 15.2. The van der Waals surface area contributed by atoms with Crippen LogP contribution < -0.4 is 11.1 Å². The fourth-order valence-electron chi connectivity index (χ4n) is 2.83. The number of carbonyl (C=O) groups is 3. The molecule has 1 aromatic heterocycles. The number of amides is 2. The SMILES string of the molecule is CC1(NC(=O)C(=O)C2Cc3ccc(C(N)=O)n3C2)CSC1. The van der Waals surface area contributed by atoms with Crippen molar-refractivity contribution < 1.29 is 14.4 Å². The zero-order valence-electron chi connectivity index (χ0n) is 11.7. The molecule has 7 heteroatoms. The average Bonchev–Trinajstić information content (AvgIpc) is 2.94. The minimum atomic E-state index is -0.519. The van der Waals surface area contributed by atoms with Crippen molar-refractivity contribution in [3.05, 3.63) is 23.5 Å². The summed E-state index contributed by atoms with van der Waals surface area (Å²) in [5.74, 6) is -0.180. The predicted molar refractivity (Wildman–Crippen MR) is 79.0 cm³/mol. The fraction of sp³-hybridized carbons (Fsp3) is 0.500.